The molecule has 0 radical (unpaired) electrons. The number of rotatable bonds is 4. The number of alkyl halides is 3. The Kier molecular flexibility index (Phi) is 4.64. The molecule has 1 heterocycles. The lowest BCUT2D eigenvalue weighted by Crippen LogP contribution is -2.27. The van der Waals surface area contributed by atoms with Gasteiger partial charge >= 0.3 is 15.6 Å². The van der Waals surface area contributed by atoms with Gasteiger partial charge in [0.05, 0.1) is 4.92 Å². The molecule has 0 bridgehead atoms. The summed E-state index contributed by atoms with van der Waals surface area (Å²) in [5, 5.41) is 11.0. The van der Waals surface area contributed by atoms with E-state index in [1.807, 2.05) is 0 Å². The summed E-state index contributed by atoms with van der Waals surface area (Å²) in [4.78, 5) is 11.0. The highest BCUT2D eigenvalue weighted by Gasteiger charge is 2.54. The fraction of sp³-hybridized carbons (Fsp3) is 0.0526. The number of fused-ring (bicyclic) bond motifs is 3. The molecule has 0 fully saturated rings. The van der Waals surface area contributed by atoms with Gasteiger partial charge in [-0.05, 0) is 45.7 Å². The second kappa shape index (κ2) is 6.83. The van der Waals surface area contributed by atoms with E-state index in [1.54, 1.807) is 36.4 Å². The van der Waals surface area contributed by atoms with Crippen molar-refractivity contribution in [3.05, 3.63) is 82.9 Å². The van der Waals surface area contributed by atoms with E-state index in [0.29, 0.717) is 11.1 Å². The quantitative estimate of drug-likeness (QED) is 0.289. The predicted molar refractivity (Wildman–Crippen MR) is 103 cm³/mol. The van der Waals surface area contributed by atoms with Crippen LogP contribution in [0.2, 0.25) is 0 Å². The SMILES string of the molecule is O=[N+]([O-])c1ccc(S2(OS(=O)(=O)C(F)(F)F)c3ccccc3-c3ccccc32)cc1. The first-order chi connectivity index (χ1) is 14.1. The van der Waals surface area contributed by atoms with Crippen molar-refractivity contribution in [2.75, 3.05) is 0 Å². The van der Waals surface area contributed by atoms with E-state index < -0.39 is 30.9 Å². The summed E-state index contributed by atoms with van der Waals surface area (Å²) in [5.74, 6) is 0. The molecule has 6 nitrogen and oxygen atoms in total. The Morgan fingerprint density at radius 3 is 1.73 bits per heavy atom. The normalized spacial score (nSPS) is 15.8. The Morgan fingerprint density at radius 2 is 1.30 bits per heavy atom. The summed E-state index contributed by atoms with van der Waals surface area (Å²) in [6.07, 6.45) is 0. The Balaban J connectivity index is 2.06. The number of nitro benzene ring substituents is 1. The van der Waals surface area contributed by atoms with E-state index in [4.69, 9.17) is 3.63 Å². The van der Waals surface area contributed by atoms with E-state index >= 15 is 0 Å². The van der Waals surface area contributed by atoms with Gasteiger partial charge in [-0.15, -0.1) is 0 Å². The number of halogens is 3. The molecule has 3 aromatic carbocycles. The molecule has 0 unspecified atom stereocenters. The summed E-state index contributed by atoms with van der Waals surface area (Å²) < 4.78 is 69.3. The fourth-order valence-corrected chi connectivity index (χ4v) is 8.36. The van der Waals surface area contributed by atoms with Gasteiger partial charge in [0.2, 0.25) is 0 Å². The molecule has 156 valence electrons. The van der Waals surface area contributed by atoms with Crippen molar-refractivity contribution >= 4 is 26.1 Å². The molecular weight excluding hydrogens is 443 g/mol. The predicted octanol–water partition coefficient (Wildman–Crippen LogP) is 5.64. The van der Waals surface area contributed by atoms with Crippen molar-refractivity contribution in [2.24, 2.45) is 0 Å². The third kappa shape index (κ3) is 2.97. The first kappa shape index (κ1) is 20.4. The molecule has 30 heavy (non-hydrogen) atoms. The molecular formula is C19H12F3NO5S2. The zero-order chi connectivity index (χ0) is 21.7. The molecule has 0 spiro atoms. The van der Waals surface area contributed by atoms with Gasteiger partial charge in [-0.2, -0.15) is 25.2 Å². The number of nitrogens with zero attached hydrogens (tertiary/aromatic N) is 1. The van der Waals surface area contributed by atoms with Gasteiger partial charge in [-0.1, -0.05) is 36.4 Å². The summed E-state index contributed by atoms with van der Waals surface area (Å²) in [6.45, 7) is 0. The topological polar surface area (TPSA) is 86.5 Å². The molecule has 1 aliphatic rings. The van der Waals surface area contributed by atoms with E-state index in [1.165, 1.54) is 24.3 Å². The van der Waals surface area contributed by atoms with E-state index in [0.717, 1.165) is 12.1 Å². The molecule has 4 rings (SSSR count). The van der Waals surface area contributed by atoms with Crippen molar-refractivity contribution < 1.29 is 30.1 Å². The largest absolute Gasteiger partial charge is 0.524 e. The van der Waals surface area contributed by atoms with Crippen LogP contribution in [0.15, 0.2) is 87.5 Å². The average molecular weight is 455 g/mol. The minimum absolute atomic E-state index is 0.0957. The van der Waals surface area contributed by atoms with Gasteiger partial charge in [0.15, 0.2) is 0 Å². The minimum atomic E-state index is -6.00. The van der Waals surface area contributed by atoms with Crippen LogP contribution in [0.25, 0.3) is 11.1 Å². The smallest absolute Gasteiger partial charge is 0.258 e. The van der Waals surface area contributed by atoms with E-state index in [9.17, 15) is 31.7 Å². The number of non-ortho nitro benzene ring substituents is 1. The maximum absolute atomic E-state index is 13.3. The first-order valence-corrected chi connectivity index (χ1v) is 11.3. The highest BCUT2D eigenvalue weighted by Crippen LogP contribution is 2.77. The van der Waals surface area contributed by atoms with Crippen LogP contribution in [0.3, 0.4) is 0 Å². The standard InChI is InChI=1S/C19H12F3NO5S2/c20-19(21,22)30(26,27)28-29(14-11-9-13(10-12-14)23(24)25)17-7-3-1-5-15(17)16-6-2-4-8-18(16)29/h1-12H. The molecule has 0 atom stereocenters. The molecule has 0 saturated carbocycles. The molecule has 0 N–H and O–H groups in total. The van der Waals surface area contributed by atoms with Gasteiger partial charge < -0.3 is 0 Å². The van der Waals surface area contributed by atoms with Gasteiger partial charge in [-0.25, -0.2) is 0 Å². The highest BCUT2D eigenvalue weighted by molar-refractivity contribution is 8.33. The van der Waals surface area contributed by atoms with Crippen LogP contribution in [-0.2, 0) is 13.7 Å². The number of nitro groups is 1. The highest BCUT2D eigenvalue weighted by atomic mass is 32.3. The minimum Gasteiger partial charge on any atom is -0.258 e. The van der Waals surface area contributed by atoms with Gasteiger partial charge in [0.25, 0.3) is 5.69 Å². The van der Waals surface area contributed by atoms with Crippen molar-refractivity contribution in [3.63, 3.8) is 0 Å². The van der Waals surface area contributed by atoms with E-state index in [2.05, 4.69) is 0 Å². The lowest BCUT2D eigenvalue weighted by atomic mass is 10.1. The summed E-state index contributed by atoms with van der Waals surface area (Å²) in [7, 11) is -9.37. The second-order valence-corrected chi connectivity index (χ2v) is 10.6. The lowest BCUT2D eigenvalue weighted by Gasteiger charge is -2.36. The summed E-state index contributed by atoms with van der Waals surface area (Å²) in [5.41, 5.74) is -4.84. The lowest BCUT2D eigenvalue weighted by molar-refractivity contribution is -0.384. The molecule has 0 saturated heterocycles. The Labute approximate surface area is 170 Å². The van der Waals surface area contributed by atoms with Crippen LogP contribution in [0.5, 0.6) is 0 Å². The van der Waals surface area contributed by atoms with E-state index in [-0.39, 0.29) is 20.4 Å². The number of hydrogen-bond donors (Lipinski definition) is 0. The van der Waals surface area contributed by atoms with Gasteiger partial charge in [0, 0.05) is 26.8 Å². The third-order valence-electron chi connectivity index (χ3n) is 4.54. The molecule has 0 aromatic heterocycles. The fourth-order valence-electron chi connectivity index (χ4n) is 3.30. The van der Waals surface area contributed by atoms with Gasteiger partial charge in [0.1, 0.15) is 0 Å². The summed E-state index contributed by atoms with van der Waals surface area (Å²) >= 11 is 0. The third-order valence-corrected chi connectivity index (χ3v) is 9.53. The van der Waals surface area contributed by atoms with Crippen molar-refractivity contribution in [1.82, 2.24) is 0 Å². The van der Waals surface area contributed by atoms with Crippen LogP contribution < -0.4 is 0 Å². The molecule has 11 heteroatoms. The van der Waals surface area contributed by atoms with Crippen molar-refractivity contribution in [3.8, 4) is 11.1 Å². The number of benzene rings is 3. The maximum atomic E-state index is 13.3. The molecule has 0 aliphatic carbocycles. The monoisotopic (exact) mass is 455 g/mol. The number of hydrogen-bond acceptors (Lipinski definition) is 5. The van der Waals surface area contributed by atoms with Crippen LogP contribution in [0.1, 0.15) is 0 Å². The van der Waals surface area contributed by atoms with Crippen molar-refractivity contribution in [2.45, 2.75) is 20.2 Å². The van der Waals surface area contributed by atoms with Crippen LogP contribution in [0.4, 0.5) is 18.9 Å². The van der Waals surface area contributed by atoms with Gasteiger partial charge in [-0.3, -0.25) is 10.1 Å². The van der Waals surface area contributed by atoms with Crippen LogP contribution in [-0.4, -0.2) is 18.8 Å². The molecule has 3 aromatic rings. The Bertz CT molecular complexity index is 1210. The maximum Gasteiger partial charge on any atom is 0.524 e. The Hall–Kier alpha value is -2.89. The Morgan fingerprint density at radius 1 is 0.833 bits per heavy atom. The first-order valence-electron chi connectivity index (χ1n) is 8.36. The molecule has 1 aliphatic heterocycles. The zero-order valence-corrected chi connectivity index (χ0v) is 16.5. The summed E-state index contributed by atoms with van der Waals surface area (Å²) in [6, 6.07) is 17.5. The molecule has 0 amide bonds. The van der Waals surface area contributed by atoms with Crippen molar-refractivity contribution in [1.29, 1.82) is 0 Å². The van der Waals surface area contributed by atoms with Crippen LogP contribution >= 0.6 is 10.3 Å². The van der Waals surface area contributed by atoms with Crippen LogP contribution in [0, 0.1) is 10.1 Å². The second-order valence-electron chi connectivity index (χ2n) is 6.27. The zero-order valence-electron chi connectivity index (χ0n) is 14.9. The average Bonchev–Trinajstić information content (AvgIpc) is 2.98.